The van der Waals surface area contributed by atoms with Crippen molar-refractivity contribution in [1.29, 1.82) is 0 Å². The van der Waals surface area contributed by atoms with Crippen LogP contribution in [-0.2, 0) is 17.9 Å². The molecule has 1 amide bonds. The molecule has 1 fully saturated rings. The first-order chi connectivity index (χ1) is 12.6. The van der Waals surface area contributed by atoms with Gasteiger partial charge in [0.25, 0.3) is 0 Å². The zero-order valence-corrected chi connectivity index (χ0v) is 14.7. The van der Waals surface area contributed by atoms with Crippen LogP contribution in [-0.4, -0.2) is 69.9 Å². The third kappa shape index (κ3) is 4.20. The van der Waals surface area contributed by atoms with Crippen molar-refractivity contribution < 1.29 is 19.4 Å². The predicted molar refractivity (Wildman–Crippen MR) is 94.0 cm³/mol. The van der Waals surface area contributed by atoms with Crippen molar-refractivity contribution in [2.24, 2.45) is 0 Å². The molecule has 0 atom stereocenters. The first-order valence-corrected chi connectivity index (χ1v) is 8.45. The van der Waals surface area contributed by atoms with E-state index in [9.17, 15) is 9.59 Å². The van der Waals surface area contributed by atoms with Gasteiger partial charge >= 0.3 is 5.97 Å². The molecule has 0 radical (unpaired) electrons. The minimum Gasteiger partial charge on any atom is -0.497 e. The van der Waals surface area contributed by atoms with Gasteiger partial charge in [-0.1, -0.05) is 12.1 Å². The molecule has 1 aliphatic heterocycles. The van der Waals surface area contributed by atoms with Gasteiger partial charge in [-0.3, -0.25) is 9.69 Å². The van der Waals surface area contributed by atoms with E-state index in [1.165, 1.54) is 22.5 Å². The smallest absolute Gasteiger partial charge is 0.354 e. The molecule has 1 aromatic carbocycles. The van der Waals surface area contributed by atoms with Crippen LogP contribution in [0.25, 0.3) is 0 Å². The minimum atomic E-state index is -1.08. The number of aromatic nitrogens is 2. The van der Waals surface area contributed by atoms with E-state index in [0.29, 0.717) is 13.1 Å². The highest BCUT2D eigenvalue weighted by Crippen LogP contribution is 2.15. The SMILES string of the molecule is COc1cccc(CN2CCN(C(=O)Cn3nccc3C(=O)O)CC2)c1. The van der Waals surface area contributed by atoms with Gasteiger partial charge in [-0.05, 0) is 23.8 Å². The Morgan fingerprint density at radius 2 is 1.96 bits per heavy atom. The Kier molecular flexibility index (Phi) is 5.52. The fourth-order valence-electron chi connectivity index (χ4n) is 3.05. The van der Waals surface area contributed by atoms with Gasteiger partial charge in [-0.2, -0.15) is 5.10 Å². The number of carbonyl (C=O) groups is 2. The molecule has 8 heteroatoms. The minimum absolute atomic E-state index is 0.0232. The van der Waals surface area contributed by atoms with Crippen LogP contribution in [0.4, 0.5) is 0 Å². The van der Waals surface area contributed by atoms with Crippen LogP contribution in [0.5, 0.6) is 5.75 Å². The molecule has 2 heterocycles. The molecule has 1 aliphatic rings. The number of hydrogen-bond donors (Lipinski definition) is 1. The summed E-state index contributed by atoms with van der Waals surface area (Å²) in [5.74, 6) is -0.361. The summed E-state index contributed by atoms with van der Waals surface area (Å²) >= 11 is 0. The Morgan fingerprint density at radius 3 is 2.65 bits per heavy atom. The number of aromatic carboxylic acids is 1. The molecule has 26 heavy (non-hydrogen) atoms. The quantitative estimate of drug-likeness (QED) is 0.827. The number of nitrogens with zero attached hydrogens (tertiary/aromatic N) is 4. The van der Waals surface area contributed by atoms with Crippen LogP contribution < -0.4 is 4.74 Å². The second-order valence-electron chi connectivity index (χ2n) is 6.19. The standard InChI is InChI=1S/C18H22N4O4/c1-26-15-4-2-3-14(11-15)12-20-7-9-21(10-8-20)17(23)13-22-16(18(24)25)5-6-19-22/h2-6,11H,7-10,12-13H2,1H3,(H,24,25). The summed E-state index contributed by atoms with van der Waals surface area (Å²) < 4.78 is 6.48. The summed E-state index contributed by atoms with van der Waals surface area (Å²) in [6, 6.07) is 9.36. The molecule has 1 aromatic heterocycles. The highest BCUT2D eigenvalue weighted by atomic mass is 16.5. The maximum Gasteiger partial charge on any atom is 0.354 e. The van der Waals surface area contributed by atoms with Gasteiger partial charge in [0, 0.05) is 38.9 Å². The van der Waals surface area contributed by atoms with Gasteiger partial charge in [0.05, 0.1) is 7.11 Å². The highest BCUT2D eigenvalue weighted by Gasteiger charge is 2.23. The summed E-state index contributed by atoms with van der Waals surface area (Å²) in [6.45, 7) is 3.53. The van der Waals surface area contributed by atoms with Crippen molar-refractivity contribution in [3.63, 3.8) is 0 Å². The Labute approximate surface area is 151 Å². The van der Waals surface area contributed by atoms with Gasteiger partial charge in [0.1, 0.15) is 18.0 Å². The number of carboxylic acid groups (broad SMARTS) is 1. The van der Waals surface area contributed by atoms with Crippen LogP contribution >= 0.6 is 0 Å². The fraction of sp³-hybridized carbons (Fsp3) is 0.389. The lowest BCUT2D eigenvalue weighted by molar-refractivity contribution is -0.133. The number of piperazine rings is 1. The number of carboxylic acids is 1. The summed E-state index contributed by atoms with van der Waals surface area (Å²) in [4.78, 5) is 27.6. The third-order valence-electron chi connectivity index (χ3n) is 4.49. The summed E-state index contributed by atoms with van der Waals surface area (Å²) in [7, 11) is 1.65. The predicted octanol–water partition coefficient (Wildman–Crippen LogP) is 0.934. The molecule has 0 bridgehead atoms. The lowest BCUT2D eigenvalue weighted by Gasteiger charge is -2.34. The van der Waals surface area contributed by atoms with Gasteiger partial charge in [-0.15, -0.1) is 0 Å². The number of hydrogen-bond acceptors (Lipinski definition) is 5. The summed E-state index contributed by atoms with van der Waals surface area (Å²) in [5.41, 5.74) is 1.20. The van der Waals surface area contributed by atoms with Gasteiger partial charge < -0.3 is 14.7 Å². The van der Waals surface area contributed by atoms with Crippen LogP contribution in [0, 0.1) is 0 Å². The molecule has 1 N–H and O–H groups in total. The molecule has 0 saturated carbocycles. The van der Waals surface area contributed by atoms with Crippen molar-refractivity contribution in [2.75, 3.05) is 33.3 Å². The van der Waals surface area contributed by atoms with E-state index in [0.717, 1.165) is 25.4 Å². The second kappa shape index (κ2) is 8.01. The first kappa shape index (κ1) is 17.9. The van der Waals surface area contributed by atoms with Crippen LogP contribution in [0.2, 0.25) is 0 Å². The highest BCUT2D eigenvalue weighted by molar-refractivity contribution is 5.86. The number of carbonyl (C=O) groups excluding carboxylic acids is 1. The Bertz CT molecular complexity index is 781. The number of benzene rings is 1. The third-order valence-corrected chi connectivity index (χ3v) is 4.49. The average Bonchev–Trinajstić information content (AvgIpc) is 3.11. The summed E-state index contributed by atoms with van der Waals surface area (Å²) in [5, 5.41) is 13.0. The molecule has 8 nitrogen and oxygen atoms in total. The van der Waals surface area contributed by atoms with Crippen molar-refractivity contribution >= 4 is 11.9 Å². The van der Waals surface area contributed by atoms with Gasteiger partial charge in [0.2, 0.25) is 5.91 Å². The van der Waals surface area contributed by atoms with Crippen molar-refractivity contribution in [2.45, 2.75) is 13.1 Å². The molecule has 0 unspecified atom stereocenters. The zero-order chi connectivity index (χ0) is 18.5. The number of amides is 1. The normalized spacial score (nSPS) is 15.0. The van der Waals surface area contributed by atoms with Crippen molar-refractivity contribution in [1.82, 2.24) is 19.6 Å². The Morgan fingerprint density at radius 1 is 1.19 bits per heavy atom. The first-order valence-electron chi connectivity index (χ1n) is 8.45. The average molecular weight is 358 g/mol. The van der Waals surface area contributed by atoms with E-state index in [-0.39, 0.29) is 18.1 Å². The number of rotatable bonds is 6. The monoisotopic (exact) mass is 358 g/mol. The molecule has 0 aliphatic carbocycles. The number of methoxy groups -OCH3 is 1. The molecule has 1 saturated heterocycles. The van der Waals surface area contributed by atoms with Gasteiger partial charge in [-0.25, -0.2) is 9.48 Å². The van der Waals surface area contributed by atoms with E-state index >= 15 is 0 Å². The molecular weight excluding hydrogens is 336 g/mol. The van der Waals surface area contributed by atoms with Crippen molar-refractivity contribution in [3.8, 4) is 5.75 Å². The lowest BCUT2D eigenvalue weighted by Crippen LogP contribution is -2.49. The molecular formula is C18H22N4O4. The summed E-state index contributed by atoms with van der Waals surface area (Å²) in [6.07, 6.45) is 1.39. The topological polar surface area (TPSA) is 87.9 Å². The molecule has 3 rings (SSSR count). The molecule has 138 valence electrons. The maximum atomic E-state index is 12.4. The second-order valence-corrected chi connectivity index (χ2v) is 6.19. The van der Waals surface area contributed by atoms with Crippen LogP contribution in [0.3, 0.4) is 0 Å². The lowest BCUT2D eigenvalue weighted by atomic mass is 10.2. The van der Waals surface area contributed by atoms with Crippen molar-refractivity contribution in [3.05, 3.63) is 47.8 Å². The number of ether oxygens (including phenoxy) is 1. The Hall–Kier alpha value is -2.87. The zero-order valence-electron chi connectivity index (χ0n) is 14.7. The molecule has 2 aromatic rings. The Balaban J connectivity index is 1.52. The van der Waals surface area contributed by atoms with Crippen LogP contribution in [0.15, 0.2) is 36.5 Å². The molecule has 0 spiro atoms. The van der Waals surface area contributed by atoms with E-state index in [4.69, 9.17) is 9.84 Å². The van der Waals surface area contributed by atoms with E-state index in [2.05, 4.69) is 16.1 Å². The van der Waals surface area contributed by atoms with E-state index in [1.807, 2.05) is 18.2 Å². The maximum absolute atomic E-state index is 12.4. The fourth-order valence-corrected chi connectivity index (χ4v) is 3.05. The van der Waals surface area contributed by atoms with E-state index < -0.39 is 5.97 Å². The largest absolute Gasteiger partial charge is 0.497 e. The van der Waals surface area contributed by atoms with Gasteiger partial charge in [0.15, 0.2) is 0 Å². The van der Waals surface area contributed by atoms with E-state index in [1.54, 1.807) is 12.0 Å². The van der Waals surface area contributed by atoms with Crippen LogP contribution in [0.1, 0.15) is 16.1 Å².